The predicted molar refractivity (Wildman–Crippen MR) is 70.9 cm³/mol. The van der Waals surface area contributed by atoms with Crippen molar-refractivity contribution in [1.82, 2.24) is 0 Å². The minimum absolute atomic E-state index is 0.277. The minimum atomic E-state index is -0.570. The number of nitrogen functional groups attached to an aromatic ring is 1. The quantitative estimate of drug-likeness (QED) is 0.835. The fraction of sp³-hybridized carbons (Fsp3) is 0. The molecular weight excluding hydrogens is 252 g/mol. The molecule has 1 amide bonds. The molecule has 4 N–H and O–H groups in total. The van der Waals surface area contributed by atoms with Gasteiger partial charge in [0.25, 0.3) is 5.91 Å². The first-order chi connectivity index (χ1) is 8.56. The molecule has 0 unspecified atom stereocenters. The maximum atomic E-state index is 11.3. The van der Waals surface area contributed by atoms with E-state index >= 15 is 0 Å². The van der Waals surface area contributed by atoms with E-state index in [0.717, 1.165) is 0 Å². The van der Waals surface area contributed by atoms with Crippen molar-refractivity contribution in [3.8, 4) is 11.5 Å². The van der Waals surface area contributed by atoms with Gasteiger partial charge in [0.2, 0.25) is 0 Å². The molecule has 2 aromatic carbocycles. The Hall–Kier alpha value is -2.20. The van der Waals surface area contributed by atoms with Gasteiger partial charge in [0.15, 0.2) is 0 Å². The Balaban J connectivity index is 2.35. The Morgan fingerprint density at radius 2 is 1.78 bits per heavy atom. The van der Waals surface area contributed by atoms with Crippen molar-refractivity contribution in [3.63, 3.8) is 0 Å². The van der Waals surface area contributed by atoms with Gasteiger partial charge in [-0.05, 0) is 36.4 Å². The molecule has 0 aliphatic rings. The van der Waals surface area contributed by atoms with Gasteiger partial charge >= 0.3 is 0 Å². The van der Waals surface area contributed by atoms with Crippen molar-refractivity contribution in [2.75, 3.05) is 5.73 Å². The van der Waals surface area contributed by atoms with Crippen LogP contribution in [0.25, 0.3) is 0 Å². The third-order valence-electron chi connectivity index (χ3n) is 2.31. The first-order valence-electron chi connectivity index (χ1n) is 5.19. The van der Waals surface area contributed by atoms with Crippen LogP contribution in [0.1, 0.15) is 10.4 Å². The monoisotopic (exact) mass is 262 g/mol. The van der Waals surface area contributed by atoms with Gasteiger partial charge in [0, 0.05) is 16.8 Å². The van der Waals surface area contributed by atoms with Crippen molar-refractivity contribution >= 4 is 23.2 Å². The topological polar surface area (TPSA) is 78.3 Å². The molecule has 0 fully saturated rings. The second-order valence-corrected chi connectivity index (χ2v) is 4.11. The van der Waals surface area contributed by atoms with Crippen molar-refractivity contribution in [1.29, 1.82) is 0 Å². The van der Waals surface area contributed by atoms with E-state index in [4.69, 9.17) is 27.8 Å². The summed E-state index contributed by atoms with van der Waals surface area (Å²) >= 11 is 5.77. The van der Waals surface area contributed by atoms with Crippen LogP contribution in [-0.4, -0.2) is 5.91 Å². The van der Waals surface area contributed by atoms with Gasteiger partial charge in [0.1, 0.15) is 11.5 Å². The van der Waals surface area contributed by atoms with Crippen molar-refractivity contribution < 1.29 is 9.53 Å². The van der Waals surface area contributed by atoms with Crippen LogP contribution < -0.4 is 16.2 Å². The Morgan fingerprint density at radius 1 is 1.11 bits per heavy atom. The smallest absolute Gasteiger partial charge is 0.252 e. The molecule has 0 atom stereocenters. The molecule has 5 heteroatoms. The van der Waals surface area contributed by atoms with Crippen LogP contribution >= 0.6 is 11.6 Å². The van der Waals surface area contributed by atoms with Gasteiger partial charge in [-0.25, -0.2) is 0 Å². The SMILES string of the molecule is NC(=O)c1ccc(N)cc1Oc1ccc(Cl)cc1. The Labute approximate surface area is 109 Å². The third kappa shape index (κ3) is 2.73. The summed E-state index contributed by atoms with van der Waals surface area (Å²) < 4.78 is 5.57. The molecular formula is C13H11ClN2O2. The zero-order valence-electron chi connectivity index (χ0n) is 9.39. The summed E-state index contributed by atoms with van der Waals surface area (Å²) in [6, 6.07) is 11.4. The highest BCUT2D eigenvalue weighted by Crippen LogP contribution is 2.28. The molecule has 0 saturated heterocycles. The Bertz CT molecular complexity index is 582. The second kappa shape index (κ2) is 4.98. The van der Waals surface area contributed by atoms with Crippen molar-refractivity contribution in [2.24, 2.45) is 5.73 Å². The van der Waals surface area contributed by atoms with Crippen molar-refractivity contribution in [2.45, 2.75) is 0 Å². The lowest BCUT2D eigenvalue weighted by Crippen LogP contribution is -2.12. The molecule has 0 radical (unpaired) electrons. The molecule has 4 nitrogen and oxygen atoms in total. The summed E-state index contributed by atoms with van der Waals surface area (Å²) in [5, 5.41) is 0.602. The predicted octanol–water partition coefficient (Wildman–Crippen LogP) is 2.81. The number of halogens is 1. The normalized spacial score (nSPS) is 10.1. The fourth-order valence-electron chi connectivity index (χ4n) is 1.46. The lowest BCUT2D eigenvalue weighted by atomic mass is 10.1. The van der Waals surface area contributed by atoms with E-state index in [1.807, 2.05) is 0 Å². The molecule has 0 bridgehead atoms. The van der Waals surface area contributed by atoms with E-state index in [2.05, 4.69) is 0 Å². The fourth-order valence-corrected chi connectivity index (χ4v) is 1.58. The molecule has 0 aliphatic heterocycles. The number of ether oxygens (including phenoxy) is 1. The summed E-state index contributed by atoms with van der Waals surface area (Å²) in [6.45, 7) is 0. The maximum Gasteiger partial charge on any atom is 0.252 e. The number of amides is 1. The number of hydrogen-bond donors (Lipinski definition) is 2. The molecule has 0 spiro atoms. The number of rotatable bonds is 3. The number of benzene rings is 2. The van der Waals surface area contributed by atoms with Crippen LogP contribution in [-0.2, 0) is 0 Å². The highest BCUT2D eigenvalue weighted by Gasteiger charge is 2.10. The van der Waals surface area contributed by atoms with Crippen LogP contribution in [0.15, 0.2) is 42.5 Å². The summed E-state index contributed by atoms with van der Waals surface area (Å²) in [6.07, 6.45) is 0. The van der Waals surface area contributed by atoms with Gasteiger partial charge in [-0.2, -0.15) is 0 Å². The highest BCUT2D eigenvalue weighted by atomic mass is 35.5. The standard InChI is InChI=1S/C13H11ClN2O2/c14-8-1-4-10(5-2-8)18-12-7-9(15)3-6-11(12)13(16)17/h1-7H,15H2,(H2,16,17). The molecule has 92 valence electrons. The number of carbonyl (C=O) groups excluding carboxylic acids is 1. The molecule has 2 rings (SSSR count). The molecule has 0 aromatic heterocycles. The van der Waals surface area contributed by atoms with Crippen LogP contribution in [0.4, 0.5) is 5.69 Å². The van der Waals surface area contributed by atoms with Crippen LogP contribution in [0.3, 0.4) is 0 Å². The van der Waals surface area contributed by atoms with Crippen LogP contribution in [0.5, 0.6) is 11.5 Å². The van der Waals surface area contributed by atoms with E-state index < -0.39 is 5.91 Å². The number of nitrogens with two attached hydrogens (primary N) is 2. The molecule has 18 heavy (non-hydrogen) atoms. The summed E-state index contributed by atoms with van der Waals surface area (Å²) in [7, 11) is 0. The lowest BCUT2D eigenvalue weighted by molar-refractivity contribution is 0.0998. The maximum absolute atomic E-state index is 11.3. The lowest BCUT2D eigenvalue weighted by Gasteiger charge is -2.10. The Kier molecular flexibility index (Phi) is 3.39. The second-order valence-electron chi connectivity index (χ2n) is 3.68. The third-order valence-corrected chi connectivity index (χ3v) is 2.56. The van der Waals surface area contributed by atoms with Crippen LogP contribution in [0.2, 0.25) is 5.02 Å². The number of hydrogen-bond acceptors (Lipinski definition) is 3. The van der Waals surface area contributed by atoms with Gasteiger partial charge in [-0.1, -0.05) is 11.6 Å². The summed E-state index contributed by atoms with van der Waals surface area (Å²) in [5.74, 6) is 0.302. The van der Waals surface area contributed by atoms with Gasteiger partial charge in [0.05, 0.1) is 5.56 Å². The number of anilines is 1. The van der Waals surface area contributed by atoms with Gasteiger partial charge in [-0.15, -0.1) is 0 Å². The highest BCUT2D eigenvalue weighted by molar-refractivity contribution is 6.30. The molecule has 0 aliphatic carbocycles. The minimum Gasteiger partial charge on any atom is -0.456 e. The largest absolute Gasteiger partial charge is 0.456 e. The summed E-state index contributed by atoms with van der Waals surface area (Å²) in [4.78, 5) is 11.3. The van der Waals surface area contributed by atoms with E-state index in [1.54, 1.807) is 36.4 Å². The van der Waals surface area contributed by atoms with Gasteiger partial charge in [-0.3, -0.25) is 4.79 Å². The Morgan fingerprint density at radius 3 is 2.39 bits per heavy atom. The summed E-state index contributed by atoms with van der Waals surface area (Å²) in [5.41, 5.74) is 11.7. The van der Waals surface area contributed by atoms with Crippen molar-refractivity contribution in [3.05, 3.63) is 53.1 Å². The molecule has 0 heterocycles. The van der Waals surface area contributed by atoms with E-state index in [1.165, 1.54) is 6.07 Å². The van der Waals surface area contributed by atoms with E-state index in [9.17, 15) is 4.79 Å². The molecule has 2 aromatic rings. The van der Waals surface area contributed by atoms with E-state index in [-0.39, 0.29) is 5.56 Å². The molecule has 0 saturated carbocycles. The average molecular weight is 263 g/mol. The average Bonchev–Trinajstić information content (AvgIpc) is 2.32. The van der Waals surface area contributed by atoms with Crippen LogP contribution in [0, 0.1) is 0 Å². The number of carbonyl (C=O) groups is 1. The first-order valence-corrected chi connectivity index (χ1v) is 5.57. The van der Waals surface area contributed by atoms with E-state index in [0.29, 0.717) is 22.2 Å². The zero-order chi connectivity index (χ0) is 13.1. The van der Waals surface area contributed by atoms with Gasteiger partial charge < -0.3 is 16.2 Å². The number of primary amides is 1. The zero-order valence-corrected chi connectivity index (χ0v) is 10.1. The first kappa shape index (κ1) is 12.3.